The molecule has 1 spiro atoms. The molecule has 6 heteroatoms. The van der Waals surface area contributed by atoms with E-state index in [-0.39, 0.29) is 29.5 Å². The molecule has 0 heterocycles. The molecule has 2 fully saturated rings. The van der Waals surface area contributed by atoms with Crippen LogP contribution in [0.25, 0.3) is 0 Å². The molecule has 0 amide bonds. The quantitative estimate of drug-likeness (QED) is 0.211. The summed E-state index contributed by atoms with van der Waals surface area (Å²) in [5, 5.41) is 0.156. The number of ether oxygens (including phenoxy) is 3. The lowest BCUT2D eigenvalue weighted by atomic mass is 9.57. The Morgan fingerprint density at radius 1 is 1.16 bits per heavy atom. The van der Waals surface area contributed by atoms with Crippen LogP contribution in [-0.2, 0) is 23.4 Å². The minimum atomic E-state index is -1.96. The number of hydrogen-bond donors (Lipinski definition) is 0. The molecule has 0 aromatic heterocycles. The molecule has 0 aromatic carbocycles. The standard InChI is InChI=1S/C25H44O5Si/c1-18-15-25-16-21(26)11-9-19(23(25)30-31(6,7)24(2,3)4)8-10-20(25)14-22(18)29-17-28-13-12-27-5/h14,18-19,22-23H,8-13,15-17H2,1-7H3/t18-,19?,22-,23?,25?/m1/s1. The topological polar surface area (TPSA) is 54.0 Å². The van der Waals surface area contributed by atoms with Gasteiger partial charge in [0, 0.05) is 25.4 Å². The van der Waals surface area contributed by atoms with Crippen molar-refractivity contribution in [2.45, 2.75) is 96.6 Å². The molecule has 3 unspecified atom stereocenters. The Bertz CT molecular complexity index is 667. The summed E-state index contributed by atoms with van der Waals surface area (Å²) >= 11 is 0. The van der Waals surface area contributed by atoms with E-state index in [0.29, 0.717) is 43.7 Å². The van der Waals surface area contributed by atoms with Crippen LogP contribution in [0, 0.1) is 17.3 Å². The van der Waals surface area contributed by atoms with Crippen molar-refractivity contribution in [3.63, 3.8) is 0 Å². The van der Waals surface area contributed by atoms with E-state index in [1.54, 1.807) is 7.11 Å². The van der Waals surface area contributed by atoms with Crippen LogP contribution < -0.4 is 0 Å². The molecule has 0 aromatic rings. The highest BCUT2D eigenvalue weighted by Gasteiger charge is 2.56. The lowest BCUT2D eigenvalue weighted by Gasteiger charge is -2.55. The highest BCUT2D eigenvalue weighted by Crippen LogP contribution is 2.58. The van der Waals surface area contributed by atoms with Crippen LogP contribution in [0.5, 0.6) is 0 Å². The number of ketones is 1. The van der Waals surface area contributed by atoms with Crippen LogP contribution in [-0.4, -0.2) is 53.4 Å². The lowest BCUT2D eigenvalue weighted by molar-refractivity contribution is -0.126. The summed E-state index contributed by atoms with van der Waals surface area (Å²) < 4.78 is 23.9. The van der Waals surface area contributed by atoms with Gasteiger partial charge in [-0.25, -0.2) is 0 Å². The van der Waals surface area contributed by atoms with Crippen molar-refractivity contribution in [3.8, 4) is 0 Å². The molecule has 3 rings (SSSR count). The molecule has 5 atom stereocenters. The Morgan fingerprint density at radius 2 is 1.87 bits per heavy atom. The summed E-state index contributed by atoms with van der Waals surface area (Å²) in [4.78, 5) is 12.9. The van der Waals surface area contributed by atoms with Gasteiger partial charge in [-0.15, -0.1) is 0 Å². The first kappa shape index (κ1) is 25.1. The molecule has 3 aliphatic carbocycles. The van der Waals surface area contributed by atoms with E-state index < -0.39 is 8.32 Å². The molecule has 0 radical (unpaired) electrons. The minimum absolute atomic E-state index is 0.0339. The molecule has 178 valence electrons. The van der Waals surface area contributed by atoms with Crippen LogP contribution in [0.2, 0.25) is 18.1 Å². The Balaban J connectivity index is 1.87. The third kappa shape index (κ3) is 5.35. The van der Waals surface area contributed by atoms with Gasteiger partial charge >= 0.3 is 0 Å². The van der Waals surface area contributed by atoms with Gasteiger partial charge in [-0.3, -0.25) is 4.79 Å². The van der Waals surface area contributed by atoms with Gasteiger partial charge in [-0.2, -0.15) is 0 Å². The fourth-order valence-electron chi connectivity index (χ4n) is 5.54. The molecule has 0 aliphatic heterocycles. The van der Waals surface area contributed by atoms with Gasteiger partial charge in [0.15, 0.2) is 8.32 Å². The zero-order valence-electron chi connectivity index (χ0n) is 20.8. The van der Waals surface area contributed by atoms with E-state index >= 15 is 0 Å². The monoisotopic (exact) mass is 452 g/mol. The number of methoxy groups -OCH3 is 1. The molecule has 0 N–H and O–H groups in total. The lowest BCUT2D eigenvalue weighted by Crippen LogP contribution is -2.56. The van der Waals surface area contributed by atoms with Crippen molar-refractivity contribution < 1.29 is 23.4 Å². The van der Waals surface area contributed by atoms with Crippen LogP contribution in [0.4, 0.5) is 0 Å². The van der Waals surface area contributed by atoms with E-state index in [1.165, 1.54) is 5.57 Å². The summed E-state index contributed by atoms with van der Waals surface area (Å²) in [6.07, 6.45) is 7.97. The summed E-state index contributed by atoms with van der Waals surface area (Å²) in [6, 6.07) is 0. The van der Waals surface area contributed by atoms with Gasteiger partial charge < -0.3 is 18.6 Å². The highest BCUT2D eigenvalue weighted by molar-refractivity contribution is 6.74. The molecule has 3 aliphatic rings. The number of Topliss-reactive ketones (excluding diaryl/α,β-unsaturated/α-hetero) is 1. The second-order valence-corrected chi connectivity index (χ2v) is 16.3. The molecule has 2 bridgehead atoms. The number of rotatable bonds is 8. The average Bonchev–Trinajstić information content (AvgIpc) is 2.74. The summed E-state index contributed by atoms with van der Waals surface area (Å²) in [6.45, 7) is 15.3. The van der Waals surface area contributed by atoms with E-state index in [0.717, 1.165) is 25.7 Å². The molecule has 0 saturated heterocycles. The second kappa shape index (κ2) is 9.76. The van der Waals surface area contributed by atoms with Gasteiger partial charge in [0.25, 0.3) is 0 Å². The van der Waals surface area contributed by atoms with Crippen LogP contribution in [0.1, 0.15) is 66.2 Å². The summed E-state index contributed by atoms with van der Waals surface area (Å²) in [5.74, 6) is 1.22. The first-order chi connectivity index (χ1) is 14.5. The van der Waals surface area contributed by atoms with Crippen molar-refractivity contribution in [1.29, 1.82) is 0 Å². The fourth-order valence-corrected chi connectivity index (χ4v) is 6.94. The molecular weight excluding hydrogens is 408 g/mol. The van der Waals surface area contributed by atoms with Gasteiger partial charge in [-0.1, -0.05) is 39.3 Å². The third-order valence-electron chi connectivity index (χ3n) is 8.32. The summed E-state index contributed by atoms with van der Waals surface area (Å²) in [5.41, 5.74) is 1.25. The second-order valence-electron chi connectivity index (χ2n) is 11.5. The zero-order valence-corrected chi connectivity index (χ0v) is 21.8. The molecule has 2 saturated carbocycles. The van der Waals surface area contributed by atoms with Crippen molar-refractivity contribution in [2.75, 3.05) is 27.1 Å². The maximum absolute atomic E-state index is 12.9. The molecule has 5 nitrogen and oxygen atoms in total. The predicted octanol–water partition coefficient (Wildman–Crippen LogP) is 5.50. The minimum Gasteiger partial charge on any atom is -0.413 e. The van der Waals surface area contributed by atoms with Crippen LogP contribution >= 0.6 is 0 Å². The maximum Gasteiger partial charge on any atom is 0.192 e. The number of carbonyl (C=O) groups excluding carboxylic acids is 1. The SMILES string of the molecule is COCCOCO[C@@H]1C=C2CCC3CCC(=O)CC2(C[C@H]1C)C3O[Si](C)(C)C(C)(C)C. The number of hydrogen-bond acceptors (Lipinski definition) is 5. The normalized spacial score (nSPS) is 34.2. The predicted molar refractivity (Wildman–Crippen MR) is 126 cm³/mol. The smallest absolute Gasteiger partial charge is 0.192 e. The molecule has 31 heavy (non-hydrogen) atoms. The maximum atomic E-state index is 12.9. The summed E-state index contributed by atoms with van der Waals surface area (Å²) in [7, 11) is -0.288. The van der Waals surface area contributed by atoms with Crippen LogP contribution in [0.15, 0.2) is 11.6 Å². The molecular formula is C25H44O5Si. The van der Waals surface area contributed by atoms with E-state index in [9.17, 15) is 4.79 Å². The van der Waals surface area contributed by atoms with Gasteiger partial charge in [0.05, 0.1) is 25.4 Å². The van der Waals surface area contributed by atoms with E-state index in [1.807, 2.05) is 0 Å². The third-order valence-corrected chi connectivity index (χ3v) is 12.8. The largest absolute Gasteiger partial charge is 0.413 e. The number of carbonyl (C=O) groups is 1. The van der Waals surface area contributed by atoms with Gasteiger partial charge in [0.2, 0.25) is 0 Å². The zero-order chi connectivity index (χ0) is 22.9. The Labute approximate surface area is 190 Å². The van der Waals surface area contributed by atoms with E-state index in [4.69, 9.17) is 18.6 Å². The van der Waals surface area contributed by atoms with Crippen molar-refractivity contribution >= 4 is 14.1 Å². The van der Waals surface area contributed by atoms with Gasteiger partial charge in [-0.05, 0) is 55.7 Å². The van der Waals surface area contributed by atoms with Crippen LogP contribution in [0.3, 0.4) is 0 Å². The average molecular weight is 453 g/mol. The fraction of sp³-hybridized carbons (Fsp3) is 0.880. The Hall–Kier alpha value is -0.533. The first-order valence-electron chi connectivity index (χ1n) is 12.1. The van der Waals surface area contributed by atoms with Crippen molar-refractivity contribution in [2.24, 2.45) is 17.3 Å². The number of fused-ring (bicyclic) bond motifs is 1. The van der Waals surface area contributed by atoms with Gasteiger partial charge in [0.1, 0.15) is 12.6 Å². The highest BCUT2D eigenvalue weighted by atomic mass is 28.4. The Kier molecular flexibility index (Phi) is 7.90. The Morgan fingerprint density at radius 3 is 2.55 bits per heavy atom. The van der Waals surface area contributed by atoms with Crippen molar-refractivity contribution in [3.05, 3.63) is 11.6 Å². The van der Waals surface area contributed by atoms with Crippen molar-refractivity contribution in [1.82, 2.24) is 0 Å². The first-order valence-corrected chi connectivity index (χ1v) is 15.0. The van der Waals surface area contributed by atoms with E-state index in [2.05, 4.69) is 46.9 Å².